The first-order valence-corrected chi connectivity index (χ1v) is 9.57. The highest BCUT2D eigenvalue weighted by molar-refractivity contribution is 6.31. The summed E-state index contributed by atoms with van der Waals surface area (Å²) in [4.78, 5) is 18.8. The minimum atomic E-state index is -0.159. The average molecular weight is 398 g/mol. The Kier molecular flexibility index (Phi) is 5.05. The molecule has 1 fully saturated rings. The lowest BCUT2D eigenvalue weighted by Crippen LogP contribution is -2.24. The molecule has 2 aromatic carbocycles. The van der Waals surface area contributed by atoms with Crippen LogP contribution in [0.2, 0.25) is 5.02 Å². The predicted octanol–water partition coefficient (Wildman–Crippen LogP) is 4.62. The predicted molar refractivity (Wildman–Crippen MR) is 107 cm³/mol. The molecule has 3 aromatic rings. The highest BCUT2D eigenvalue weighted by Gasteiger charge is 2.35. The Labute approximate surface area is 168 Å². The highest BCUT2D eigenvalue weighted by Crippen LogP contribution is 2.34. The molecule has 1 atom stereocenters. The minimum absolute atomic E-state index is 0.0133. The van der Waals surface area contributed by atoms with Gasteiger partial charge in [-0.3, -0.25) is 4.79 Å². The van der Waals surface area contributed by atoms with Crippen molar-refractivity contribution < 1.29 is 14.1 Å². The molecular weight excluding hydrogens is 378 g/mol. The normalized spacial score (nSPS) is 16.6. The molecule has 1 amide bonds. The van der Waals surface area contributed by atoms with Gasteiger partial charge in [-0.25, -0.2) is 0 Å². The van der Waals surface area contributed by atoms with Crippen LogP contribution in [0.5, 0.6) is 5.75 Å². The van der Waals surface area contributed by atoms with Crippen molar-refractivity contribution in [1.29, 1.82) is 0 Å². The zero-order valence-corrected chi connectivity index (χ0v) is 16.4. The lowest BCUT2D eigenvalue weighted by molar-refractivity contribution is -0.117. The highest BCUT2D eigenvalue weighted by atomic mass is 35.5. The third kappa shape index (κ3) is 3.47. The van der Waals surface area contributed by atoms with Crippen molar-refractivity contribution in [3.63, 3.8) is 0 Å². The van der Waals surface area contributed by atoms with E-state index in [2.05, 4.69) is 10.1 Å². The SMILES string of the molecule is CCOc1ccccc1-c1noc(C2CC(=O)N(c3ccc(C)c(Cl)c3)C2)n1. The Hall–Kier alpha value is -2.86. The van der Waals surface area contributed by atoms with Crippen LogP contribution in [0.25, 0.3) is 11.4 Å². The number of anilines is 1. The lowest BCUT2D eigenvalue weighted by Gasteiger charge is -2.17. The molecule has 0 saturated carbocycles. The van der Waals surface area contributed by atoms with Gasteiger partial charge in [0.2, 0.25) is 17.6 Å². The van der Waals surface area contributed by atoms with E-state index >= 15 is 0 Å². The van der Waals surface area contributed by atoms with E-state index in [0.717, 1.165) is 16.8 Å². The second kappa shape index (κ2) is 7.64. The van der Waals surface area contributed by atoms with Crippen LogP contribution in [0.15, 0.2) is 47.0 Å². The van der Waals surface area contributed by atoms with Gasteiger partial charge in [0.05, 0.1) is 18.1 Å². The van der Waals surface area contributed by atoms with E-state index in [4.69, 9.17) is 20.9 Å². The lowest BCUT2D eigenvalue weighted by atomic mass is 10.1. The number of amides is 1. The number of carbonyl (C=O) groups is 1. The van der Waals surface area contributed by atoms with Crippen LogP contribution in [0, 0.1) is 6.92 Å². The zero-order valence-electron chi connectivity index (χ0n) is 15.7. The molecule has 1 aliphatic heterocycles. The van der Waals surface area contributed by atoms with Gasteiger partial charge in [0.25, 0.3) is 0 Å². The molecule has 0 N–H and O–H groups in total. The Balaban J connectivity index is 1.57. The number of benzene rings is 2. The van der Waals surface area contributed by atoms with Gasteiger partial charge in [0, 0.05) is 23.7 Å². The molecule has 2 heterocycles. The third-order valence-electron chi connectivity index (χ3n) is 4.81. The second-order valence-corrected chi connectivity index (χ2v) is 7.13. The van der Waals surface area contributed by atoms with Crippen LogP contribution < -0.4 is 9.64 Å². The zero-order chi connectivity index (χ0) is 19.7. The van der Waals surface area contributed by atoms with Crippen LogP contribution in [-0.2, 0) is 4.79 Å². The summed E-state index contributed by atoms with van der Waals surface area (Å²) in [6.45, 7) is 4.88. The van der Waals surface area contributed by atoms with Gasteiger partial charge in [-0.2, -0.15) is 4.98 Å². The number of para-hydroxylation sites is 1. The molecule has 0 spiro atoms. The maximum Gasteiger partial charge on any atom is 0.232 e. The summed E-state index contributed by atoms with van der Waals surface area (Å²) in [5.74, 6) is 1.47. The van der Waals surface area contributed by atoms with Gasteiger partial charge < -0.3 is 14.2 Å². The van der Waals surface area contributed by atoms with Gasteiger partial charge in [-0.05, 0) is 43.7 Å². The molecule has 0 radical (unpaired) electrons. The molecule has 1 aliphatic rings. The first-order valence-electron chi connectivity index (χ1n) is 9.19. The molecule has 7 heteroatoms. The number of ether oxygens (including phenoxy) is 1. The van der Waals surface area contributed by atoms with Crippen molar-refractivity contribution in [2.45, 2.75) is 26.2 Å². The molecule has 4 rings (SSSR count). The van der Waals surface area contributed by atoms with Crippen LogP contribution in [0.3, 0.4) is 0 Å². The topological polar surface area (TPSA) is 68.5 Å². The Morgan fingerprint density at radius 3 is 2.89 bits per heavy atom. The average Bonchev–Trinajstić information content (AvgIpc) is 3.32. The maximum atomic E-state index is 12.5. The summed E-state index contributed by atoms with van der Waals surface area (Å²) < 4.78 is 11.1. The molecule has 0 bridgehead atoms. The second-order valence-electron chi connectivity index (χ2n) is 6.72. The van der Waals surface area contributed by atoms with Crippen molar-refractivity contribution in [1.82, 2.24) is 10.1 Å². The molecule has 1 aromatic heterocycles. The monoisotopic (exact) mass is 397 g/mol. The number of hydrogen-bond donors (Lipinski definition) is 0. The van der Waals surface area contributed by atoms with E-state index in [1.165, 1.54) is 0 Å². The summed E-state index contributed by atoms with van der Waals surface area (Å²) in [5.41, 5.74) is 2.53. The molecule has 6 nitrogen and oxygen atoms in total. The fourth-order valence-corrected chi connectivity index (χ4v) is 3.49. The van der Waals surface area contributed by atoms with Crippen molar-refractivity contribution in [3.05, 3.63) is 58.9 Å². The summed E-state index contributed by atoms with van der Waals surface area (Å²) in [6.07, 6.45) is 0.320. The number of hydrogen-bond acceptors (Lipinski definition) is 5. The molecule has 1 unspecified atom stereocenters. The largest absolute Gasteiger partial charge is 0.493 e. The third-order valence-corrected chi connectivity index (χ3v) is 5.22. The molecule has 144 valence electrons. The van der Waals surface area contributed by atoms with Crippen LogP contribution in [-0.4, -0.2) is 29.2 Å². The summed E-state index contributed by atoms with van der Waals surface area (Å²) in [6, 6.07) is 13.2. The van der Waals surface area contributed by atoms with E-state index < -0.39 is 0 Å². The Morgan fingerprint density at radius 1 is 1.29 bits per heavy atom. The van der Waals surface area contributed by atoms with E-state index in [1.54, 1.807) is 4.90 Å². The van der Waals surface area contributed by atoms with Gasteiger partial charge in [0.1, 0.15) is 5.75 Å². The number of nitrogens with zero attached hydrogens (tertiary/aromatic N) is 3. The van der Waals surface area contributed by atoms with E-state index in [0.29, 0.717) is 42.1 Å². The van der Waals surface area contributed by atoms with Gasteiger partial charge in [0.15, 0.2) is 0 Å². The standard InChI is InChI=1S/C21H20ClN3O3/c1-3-27-18-7-5-4-6-16(18)20-23-21(28-24-20)14-10-19(26)25(12-14)15-9-8-13(2)17(22)11-15/h4-9,11,14H,3,10,12H2,1-2H3. The first-order chi connectivity index (χ1) is 13.6. The Bertz CT molecular complexity index is 1020. The van der Waals surface area contributed by atoms with E-state index in [1.807, 2.05) is 56.3 Å². The van der Waals surface area contributed by atoms with E-state index in [-0.39, 0.29) is 11.8 Å². The van der Waals surface area contributed by atoms with Crippen LogP contribution in [0.4, 0.5) is 5.69 Å². The summed E-state index contributed by atoms with van der Waals surface area (Å²) in [7, 11) is 0. The minimum Gasteiger partial charge on any atom is -0.493 e. The molecule has 1 saturated heterocycles. The fraction of sp³-hybridized carbons (Fsp3) is 0.286. The van der Waals surface area contributed by atoms with Crippen molar-refractivity contribution >= 4 is 23.2 Å². The summed E-state index contributed by atoms with van der Waals surface area (Å²) >= 11 is 6.21. The van der Waals surface area contributed by atoms with Crippen molar-refractivity contribution in [2.75, 3.05) is 18.1 Å². The van der Waals surface area contributed by atoms with Crippen molar-refractivity contribution in [3.8, 4) is 17.1 Å². The van der Waals surface area contributed by atoms with Crippen molar-refractivity contribution in [2.24, 2.45) is 0 Å². The number of halogens is 1. The smallest absolute Gasteiger partial charge is 0.232 e. The van der Waals surface area contributed by atoms with Crippen LogP contribution >= 0.6 is 11.6 Å². The Morgan fingerprint density at radius 2 is 2.11 bits per heavy atom. The number of rotatable bonds is 5. The van der Waals surface area contributed by atoms with Gasteiger partial charge >= 0.3 is 0 Å². The van der Waals surface area contributed by atoms with Gasteiger partial charge in [-0.15, -0.1) is 0 Å². The van der Waals surface area contributed by atoms with E-state index in [9.17, 15) is 4.79 Å². The number of aryl methyl sites for hydroxylation is 1. The molecule has 0 aliphatic carbocycles. The first kappa shape index (κ1) is 18.5. The summed E-state index contributed by atoms with van der Waals surface area (Å²) in [5, 5.41) is 4.75. The number of carbonyl (C=O) groups excluding carboxylic acids is 1. The van der Waals surface area contributed by atoms with Crippen LogP contribution in [0.1, 0.15) is 30.7 Å². The maximum absolute atomic E-state index is 12.5. The van der Waals surface area contributed by atoms with Gasteiger partial charge in [-0.1, -0.05) is 35.0 Å². The quantitative estimate of drug-likeness (QED) is 0.628. The fourth-order valence-electron chi connectivity index (χ4n) is 3.32. The number of aromatic nitrogens is 2. The molecular formula is C21H20ClN3O3. The molecule has 28 heavy (non-hydrogen) atoms.